The van der Waals surface area contributed by atoms with Gasteiger partial charge in [-0.05, 0) is 56.1 Å². The summed E-state index contributed by atoms with van der Waals surface area (Å²) >= 11 is 0. The number of ether oxygens (including phenoxy) is 3. The largest absolute Gasteiger partial charge is 0.483 e. The lowest BCUT2D eigenvalue weighted by molar-refractivity contribution is -0.156. The van der Waals surface area contributed by atoms with Crippen molar-refractivity contribution in [2.45, 2.75) is 62.1 Å². The Labute approximate surface area is 177 Å². The number of nitrogens with one attached hydrogen (secondary N) is 1. The van der Waals surface area contributed by atoms with Crippen molar-refractivity contribution in [3.63, 3.8) is 0 Å². The van der Waals surface area contributed by atoms with Gasteiger partial charge < -0.3 is 24.4 Å². The van der Waals surface area contributed by atoms with Crippen LogP contribution in [0.4, 0.5) is 0 Å². The topological polar surface area (TPSA) is 77.1 Å². The van der Waals surface area contributed by atoms with Crippen molar-refractivity contribution < 1.29 is 23.8 Å². The predicted octanol–water partition coefficient (Wildman–Crippen LogP) is 2.00. The van der Waals surface area contributed by atoms with Gasteiger partial charge in [-0.2, -0.15) is 0 Å². The Morgan fingerprint density at radius 1 is 1.07 bits per heavy atom. The number of para-hydroxylation sites is 1. The summed E-state index contributed by atoms with van der Waals surface area (Å²) in [7, 11) is 0. The lowest BCUT2D eigenvalue weighted by Gasteiger charge is -2.51. The third-order valence-electron chi connectivity index (χ3n) is 7.21. The first-order chi connectivity index (χ1) is 14.6. The summed E-state index contributed by atoms with van der Waals surface area (Å²) in [5, 5.41) is 3.16. The molecule has 0 aromatic heterocycles. The molecule has 7 heteroatoms. The van der Waals surface area contributed by atoms with Crippen molar-refractivity contribution in [2.24, 2.45) is 0 Å². The summed E-state index contributed by atoms with van der Waals surface area (Å²) in [6.07, 6.45) is 5.88. The molecule has 1 aromatic carbocycles. The summed E-state index contributed by atoms with van der Waals surface area (Å²) in [6, 6.07) is 7.85. The van der Waals surface area contributed by atoms with Crippen LogP contribution in [0.5, 0.6) is 5.75 Å². The van der Waals surface area contributed by atoms with Crippen LogP contribution >= 0.6 is 0 Å². The fourth-order valence-corrected chi connectivity index (χ4v) is 5.66. The lowest BCUT2D eigenvalue weighted by Crippen LogP contribution is -2.72. The molecule has 4 aliphatic heterocycles. The molecule has 1 aliphatic carbocycles. The molecule has 7 nitrogen and oxygen atoms in total. The van der Waals surface area contributed by atoms with E-state index in [4.69, 9.17) is 14.2 Å². The van der Waals surface area contributed by atoms with Crippen molar-refractivity contribution in [3.8, 4) is 5.75 Å². The number of nitrogens with zero attached hydrogens (tertiary/aromatic N) is 1. The quantitative estimate of drug-likeness (QED) is 0.703. The molecule has 4 heterocycles. The molecule has 0 radical (unpaired) electrons. The first-order valence-corrected chi connectivity index (χ1v) is 11.2. The number of rotatable bonds is 0. The number of hydrogen-bond donors (Lipinski definition) is 1. The third-order valence-corrected chi connectivity index (χ3v) is 7.21. The molecule has 2 bridgehead atoms. The van der Waals surface area contributed by atoms with E-state index in [0.717, 1.165) is 44.3 Å². The summed E-state index contributed by atoms with van der Waals surface area (Å²) in [6.45, 7) is 1.54. The number of carbonyl (C=O) groups is 2. The number of benzene rings is 1. The van der Waals surface area contributed by atoms with Gasteiger partial charge in [0.15, 0.2) is 6.61 Å². The molecule has 5 aliphatic rings. The molecule has 3 fully saturated rings. The highest BCUT2D eigenvalue weighted by atomic mass is 16.5. The van der Waals surface area contributed by atoms with Gasteiger partial charge in [0.2, 0.25) is 5.91 Å². The van der Waals surface area contributed by atoms with Crippen LogP contribution in [-0.2, 0) is 19.1 Å². The van der Waals surface area contributed by atoms with Crippen molar-refractivity contribution in [1.82, 2.24) is 10.2 Å². The molecule has 1 unspecified atom stereocenters. The molecule has 1 saturated carbocycles. The van der Waals surface area contributed by atoms with Crippen LogP contribution in [0.1, 0.15) is 50.0 Å². The standard InChI is InChI=1S/C23H30N2O5/c26-21-13-28-15-23(24-21)10-3-11-25-20(23)12-29-17-8-6-16(7-9-17)18-4-1-2-5-19(18)30-14-22(25)27/h1-2,4-5,16-17,20H,3,6-15H2,(H,24,26)/t16-,17+,20-,23?/m0/s1. The van der Waals surface area contributed by atoms with Crippen LogP contribution < -0.4 is 10.1 Å². The van der Waals surface area contributed by atoms with E-state index < -0.39 is 5.54 Å². The van der Waals surface area contributed by atoms with E-state index >= 15 is 0 Å². The zero-order chi connectivity index (χ0) is 20.6. The van der Waals surface area contributed by atoms with Crippen LogP contribution in [0.3, 0.4) is 0 Å². The van der Waals surface area contributed by atoms with Gasteiger partial charge in [-0.1, -0.05) is 18.2 Å². The highest BCUT2D eigenvalue weighted by Gasteiger charge is 2.49. The van der Waals surface area contributed by atoms with E-state index in [1.165, 1.54) is 5.56 Å². The van der Waals surface area contributed by atoms with Gasteiger partial charge in [0.05, 0.1) is 30.9 Å². The predicted molar refractivity (Wildman–Crippen MR) is 109 cm³/mol. The smallest absolute Gasteiger partial charge is 0.260 e. The van der Waals surface area contributed by atoms with Crippen LogP contribution in [-0.4, -0.2) is 67.4 Å². The Morgan fingerprint density at radius 2 is 1.90 bits per heavy atom. The molecular weight excluding hydrogens is 384 g/mol. The maximum absolute atomic E-state index is 13.2. The van der Waals surface area contributed by atoms with Crippen LogP contribution in [0, 0.1) is 0 Å². The van der Waals surface area contributed by atoms with Gasteiger partial charge in [0.1, 0.15) is 12.4 Å². The molecule has 1 aromatic rings. The van der Waals surface area contributed by atoms with Gasteiger partial charge in [0.25, 0.3) is 5.91 Å². The molecule has 2 amide bonds. The zero-order valence-corrected chi connectivity index (χ0v) is 17.3. The molecule has 2 atom stereocenters. The number of fused-ring (bicyclic) bond motifs is 5. The number of carbonyl (C=O) groups excluding carboxylic acids is 2. The maximum atomic E-state index is 13.2. The van der Waals surface area contributed by atoms with Crippen molar-refractivity contribution in [1.29, 1.82) is 0 Å². The fraction of sp³-hybridized carbons (Fsp3) is 0.652. The van der Waals surface area contributed by atoms with Gasteiger partial charge in [0, 0.05) is 6.54 Å². The molecule has 162 valence electrons. The van der Waals surface area contributed by atoms with Crippen molar-refractivity contribution in [2.75, 3.05) is 33.0 Å². The van der Waals surface area contributed by atoms with E-state index in [9.17, 15) is 9.59 Å². The van der Waals surface area contributed by atoms with Crippen LogP contribution in [0.2, 0.25) is 0 Å². The zero-order valence-electron chi connectivity index (χ0n) is 17.3. The van der Waals surface area contributed by atoms with Crippen molar-refractivity contribution >= 4 is 11.8 Å². The van der Waals surface area contributed by atoms with Gasteiger partial charge in [-0.15, -0.1) is 0 Å². The first-order valence-electron chi connectivity index (χ1n) is 11.2. The Balaban J connectivity index is 1.46. The Morgan fingerprint density at radius 3 is 2.73 bits per heavy atom. The number of hydrogen-bond acceptors (Lipinski definition) is 5. The van der Waals surface area contributed by atoms with E-state index in [2.05, 4.69) is 11.4 Å². The van der Waals surface area contributed by atoms with E-state index in [1.54, 1.807) is 0 Å². The Hall–Kier alpha value is -2.12. The summed E-state index contributed by atoms with van der Waals surface area (Å²) in [5.74, 6) is 1.07. The number of morpholine rings is 1. The van der Waals surface area contributed by atoms with Gasteiger partial charge >= 0.3 is 0 Å². The summed E-state index contributed by atoms with van der Waals surface area (Å²) in [4.78, 5) is 27.3. The lowest BCUT2D eigenvalue weighted by atomic mass is 9.80. The average molecular weight is 415 g/mol. The van der Waals surface area contributed by atoms with Gasteiger partial charge in [-0.25, -0.2) is 0 Å². The number of piperidine rings is 1. The normalized spacial score (nSPS) is 34.7. The third kappa shape index (κ3) is 3.69. The van der Waals surface area contributed by atoms with Crippen molar-refractivity contribution in [3.05, 3.63) is 29.8 Å². The first kappa shape index (κ1) is 19.8. The average Bonchev–Trinajstić information content (AvgIpc) is 2.78. The fourth-order valence-electron chi connectivity index (χ4n) is 5.66. The molecule has 6 rings (SSSR count). The molecule has 1 spiro atoms. The second-order valence-electron chi connectivity index (χ2n) is 9.04. The summed E-state index contributed by atoms with van der Waals surface area (Å²) < 4.78 is 18.1. The monoisotopic (exact) mass is 414 g/mol. The molecule has 1 N–H and O–H groups in total. The number of amides is 2. The SMILES string of the molecule is O=C1COCC2(CCCN3C(=O)COc4ccccc4[C@H]4CC[C@H](CC4)OC[C@H]32)N1. The molecule has 2 saturated heterocycles. The van der Waals surface area contributed by atoms with E-state index in [1.807, 2.05) is 23.1 Å². The molecule has 30 heavy (non-hydrogen) atoms. The minimum atomic E-state index is -0.585. The van der Waals surface area contributed by atoms with Crippen LogP contribution in [0.25, 0.3) is 0 Å². The minimum absolute atomic E-state index is 0.00541. The minimum Gasteiger partial charge on any atom is -0.483 e. The second kappa shape index (κ2) is 8.19. The highest BCUT2D eigenvalue weighted by Crippen LogP contribution is 2.39. The van der Waals surface area contributed by atoms with E-state index in [-0.39, 0.29) is 37.2 Å². The summed E-state index contributed by atoms with van der Waals surface area (Å²) in [5.41, 5.74) is 0.612. The highest BCUT2D eigenvalue weighted by molar-refractivity contribution is 5.81. The second-order valence-corrected chi connectivity index (χ2v) is 9.04. The van der Waals surface area contributed by atoms with E-state index in [0.29, 0.717) is 25.7 Å². The maximum Gasteiger partial charge on any atom is 0.260 e. The van der Waals surface area contributed by atoms with Gasteiger partial charge in [-0.3, -0.25) is 9.59 Å². The Kier molecular flexibility index (Phi) is 5.41. The molecular formula is C23H30N2O5. The Bertz CT molecular complexity index is 803. The van der Waals surface area contributed by atoms with Crippen LogP contribution in [0.15, 0.2) is 24.3 Å².